The largest absolute Gasteiger partial charge is 0.491 e. The van der Waals surface area contributed by atoms with Crippen LogP contribution in [0.1, 0.15) is 39.5 Å². The summed E-state index contributed by atoms with van der Waals surface area (Å²) in [6.45, 7) is 7.25. The first kappa shape index (κ1) is 18.9. The number of hydrogen-bond acceptors (Lipinski definition) is 7. The SMILES string of the molecule is CC(=O)NC(C)c1cc(-c2cnc(Oc3ccc(OC(C)C)cc3)s2)no1. The molecule has 0 radical (unpaired) electrons. The fraction of sp³-hybridized carbons (Fsp3) is 0.316. The van der Waals surface area contributed by atoms with Crippen molar-refractivity contribution in [2.45, 2.75) is 39.8 Å². The van der Waals surface area contributed by atoms with Crippen molar-refractivity contribution in [1.29, 1.82) is 0 Å². The minimum Gasteiger partial charge on any atom is -0.491 e. The number of rotatable bonds is 7. The molecule has 0 aliphatic carbocycles. The summed E-state index contributed by atoms with van der Waals surface area (Å²) in [5.74, 6) is 1.92. The zero-order chi connectivity index (χ0) is 19.4. The van der Waals surface area contributed by atoms with Crippen LogP contribution in [0.15, 0.2) is 41.1 Å². The molecule has 0 aliphatic rings. The Bertz CT molecular complexity index is 902. The molecule has 1 unspecified atom stereocenters. The van der Waals surface area contributed by atoms with Crippen LogP contribution < -0.4 is 14.8 Å². The van der Waals surface area contributed by atoms with Gasteiger partial charge in [0.05, 0.1) is 23.2 Å². The lowest BCUT2D eigenvalue weighted by Crippen LogP contribution is -2.23. The van der Waals surface area contributed by atoms with Gasteiger partial charge >= 0.3 is 0 Å². The molecule has 1 atom stereocenters. The number of nitrogens with one attached hydrogen (secondary N) is 1. The minimum atomic E-state index is -0.251. The molecule has 3 rings (SSSR count). The number of carbonyl (C=O) groups excluding carboxylic acids is 1. The molecule has 0 bridgehead atoms. The summed E-state index contributed by atoms with van der Waals surface area (Å²) in [6, 6.07) is 8.92. The van der Waals surface area contributed by atoms with E-state index in [1.165, 1.54) is 18.3 Å². The maximum absolute atomic E-state index is 11.1. The van der Waals surface area contributed by atoms with E-state index >= 15 is 0 Å². The van der Waals surface area contributed by atoms with Crippen molar-refractivity contribution in [2.75, 3.05) is 0 Å². The van der Waals surface area contributed by atoms with Crippen LogP contribution in [0.4, 0.5) is 0 Å². The highest BCUT2D eigenvalue weighted by molar-refractivity contribution is 7.16. The average molecular weight is 387 g/mol. The van der Waals surface area contributed by atoms with E-state index in [4.69, 9.17) is 14.0 Å². The normalized spacial score (nSPS) is 12.0. The van der Waals surface area contributed by atoms with Crippen LogP contribution in [0.3, 0.4) is 0 Å². The molecule has 0 spiro atoms. The van der Waals surface area contributed by atoms with E-state index < -0.39 is 0 Å². The fourth-order valence-corrected chi connectivity index (χ4v) is 3.11. The molecule has 0 saturated carbocycles. The van der Waals surface area contributed by atoms with Crippen molar-refractivity contribution >= 4 is 17.2 Å². The number of benzene rings is 1. The van der Waals surface area contributed by atoms with E-state index in [1.807, 2.05) is 45.0 Å². The van der Waals surface area contributed by atoms with Crippen LogP contribution in [0.5, 0.6) is 16.7 Å². The first-order valence-corrected chi connectivity index (χ1v) is 9.37. The topological polar surface area (TPSA) is 86.5 Å². The molecule has 2 heterocycles. The van der Waals surface area contributed by atoms with Gasteiger partial charge in [-0.1, -0.05) is 16.5 Å². The van der Waals surface area contributed by atoms with Crippen molar-refractivity contribution in [3.63, 3.8) is 0 Å². The third-order valence-electron chi connectivity index (χ3n) is 3.51. The van der Waals surface area contributed by atoms with Crippen LogP contribution in [0.2, 0.25) is 0 Å². The average Bonchev–Trinajstić information content (AvgIpc) is 3.25. The quantitative estimate of drug-likeness (QED) is 0.639. The predicted molar refractivity (Wildman–Crippen MR) is 102 cm³/mol. The lowest BCUT2D eigenvalue weighted by Gasteiger charge is -2.09. The van der Waals surface area contributed by atoms with Gasteiger partial charge in [-0.2, -0.15) is 0 Å². The van der Waals surface area contributed by atoms with Crippen molar-refractivity contribution in [3.05, 3.63) is 42.3 Å². The molecule has 142 valence electrons. The highest BCUT2D eigenvalue weighted by Crippen LogP contribution is 2.33. The summed E-state index contributed by atoms with van der Waals surface area (Å²) >= 11 is 1.36. The Morgan fingerprint density at radius 3 is 2.56 bits per heavy atom. The lowest BCUT2D eigenvalue weighted by atomic mass is 10.2. The zero-order valence-electron chi connectivity index (χ0n) is 15.6. The maximum Gasteiger partial charge on any atom is 0.279 e. The molecule has 1 amide bonds. The molecule has 1 N–H and O–H groups in total. The lowest BCUT2D eigenvalue weighted by molar-refractivity contribution is -0.119. The van der Waals surface area contributed by atoms with E-state index in [0.29, 0.717) is 22.4 Å². The second-order valence-electron chi connectivity index (χ2n) is 6.27. The molecule has 0 saturated heterocycles. The van der Waals surface area contributed by atoms with Gasteiger partial charge in [0.25, 0.3) is 5.19 Å². The van der Waals surface area contributed by atoms with Crippen molar-refractivity contribution in [3.8, 4) is 27.3 Å². The molecule has 0 fully saturated rings. The molecule has 2 aromatic heterocycles. The Morgan fingerprint density at radius 2 is 1.89 bits per heavy atom. The number of amides is 1. The third kappa shape index (κ3) is 5.07. The van der Waals surface area contributed by atoms with Crippen LogP contribution in [-0.4, -0.2) is 22.2 Å². The van der Waals surface area contributed by atoms with Gasteiger partial charge in [0.2, 0.25) is 5.91 Å². The van der Waals surface area contributed by atoms with Crippen molar-refractivity contribution in [1.82, 2.24) is 15.5 Å². The summed E-state index contributed by atoms with van der Waals surface area (Å²) in [5.41, 5.74) is 0.648. The Hall–Kier alpha value is -2.87. The van der Waals surface area contributed by atoms with Gasteiger partial charge in [0, 0.05) is 13.0 Å². The number of hydrogen-bond donors (Lipinski definition) is 1. The molecule has 0 aliphatic heterocycles. The zero-order valence-corrected chi connectivity index (χ0v) is 16.4. The number of thiazole rings is 1. The second kappa shape index (κ2) is 8.22. The highest BCUT2D eigenvalue weighted by atomic mass is 32.1. The number of ether oxygens (including phenoxy) is 2. The Kier molecular flexibility index (Phi) is 5.75. The summed E-state index contributed by atoms with van der Waals surface area (Å²) in [4.78, 5) is 16.2. The Balaban J connectivity index is 1.66. The molecule has 7 nitrogen and oxygen atoms in total. The summed E-state index contributed by atoms with van der Waals surface area (Å²) in [5, 5.41) is 7.31. The second-order valence-corrected chi connectivity index (χ2v) is 7.26. The summed E-state index contributed by atoms with van der Waals surface area (Å²) in [7, 11) is 0. The molecule has 1 aromatic carbocycles. The highest BCUT2D eigenvalue weighted by Gasteiger charge is 2.16. The van der Waals surface area contributed by atoms with E-state index in [9.17, 15) is 4.79 Å². The summed E-state index contributed by atoms with van der Waals surface area (Å²) in [6.07, 6.45) is 1.81. The first-order chi connectivity index (χ1) is 12.9. The van der Waals surface area contributed by atoms with Crippen LogP contribution in [-0.2, 0) is 4.79 Å². The van der Waals surface area contributed by atoms with E-state index in [2.05, 4.69) is 15.5 Å². The van der Waals surface area contributed by atoms with Gasteiger partial charge in [-0.25, -0.2) is 4.98 Å². The minimum absolute atomic E-state index is 0.124. The number of carbonyl (C=O) groups is 1. The molecular weight excluding hydrogens is 366 g/mol. The molecule has 8 heteroatoms. The van der Waals surface area contributed by atoms with Crippen LogP contribution in [0, 0.1) is 0 Å². The molecule has 27 heavy (non-hydrogen) atoms. The molecular formula is C19H21N3O4S. The van der Waals surface area contributed by atoms with Crippen LogP contribution in [0.25, 0.3) is 10.6 Å². The fourth-order valence-electron chi connectivity index (χ4n) is 2.37. The Morgan fingerprint density at radius 1 is 1.19 bits per heavy atom. The van der Waals surface area contributed by atoms with Gasteiger partial charge in [0.15, 0.2) is 5.76 Å². The van der Waals surface area contributed by atoms with Crippen LogP contribution >= 0.6 is 11.3 Å². The van der Waals surface area contributed by atoms with Gasteiger partial charge in [-0.3, -0.25) is 4.79 Å². The monoisotopic (exact) mass is 387 g/mol. The number of aromatic nitrogens is 2. The van der Waals surface area contributed by atoms with E-state index in [-0.39, 0.29) is 18.1 Å². The summed E-state index contributed by atoms with van der Waals surface area (Å²) < 4.78 is 16.7. The third-order valence-corrected chi connectivity index (χ3v) is 4.41. The Labute approximate surface area is 161 Å². The van der Waals surface area contributed by atoms with Crippen molar-refractivity contribution in [2.24, 2.45) is 0 Å². The standard InChI is InChI=1S/C19H21N3O4S/c1-11(2)24-14-5-7-15(8-6-14)25-19-20-10-18(27-19)16-9-17(26-22-16)12(3)21-13(4)23/h5-12H,1-4H3,(H,21,23). The van der Waals surface area contributed by atoms with Gasteiger partial charge in [-0.15, -0.1) is 0 Å². The molecule has 3 aromatic rings. The predicted octanol–water partition coefficient (Wildman–Crippen LogP) is 4.57. The van der Waals surface area contributed by atoms with Crippen molar-refractivity contribution < 1.29 is 18.8 Å². The smallest absolute Gasteiger partial charge is 0.279 e. The van der Waals surface area contributed by atoms with E-state index in [1.54, 1.807) is 12.3 Å². The maximum atomic E-state index is 11.1. The van der Waals surface area contributed by atoms with Gasteiger partial charge in [-0.05, 0) is 45.0 Å². The van der Waals surface area contributed by atoms with E-state index in [0.717, 1.165) is 10.6 Å². The van der Waals surface area contributed by atoms with Gasteiger partial charge < -0.3 is 19.3 Å². The van der Waals surface area contributed by atoms with Gasteiger partial charge in [0.1, 0.15) is 17.2 Å². The first-order valence-electron chi connectivity index (χ1n) is 8.55. The number of nitrogens with zero attached hydrogens (tertiary/aromatic N) is 2.